The number of carbonyl (C=O) groups is 3. The molecule has 22 heavy (non-hydrogen) atoms. The first-order valence-electron chi connectivity index (χ1n) is 8.06. The summed E-state index contributed by atoms with van der Waals surface area (Å²) in [4.78, 5) is 38.7. The fraction of sp³-hybridized carbons (Fsp3) is 0.812. The van der Waals surface area contributed by atoms with Crippen LogP contribution in [0.2, 0.25) is 0 Å². The fourth-order valence-electron chi connectivity index (χ4n) is 2.49. The van der Waals surface area contributed by atoms with Gasteiger partial charge in [-0.25, -0.2) is 0 Å². The molecule has 1 aliphatic heterocycles. The van der Waals surface area contributed by atoms with Gasteiger partial charge in [0.25, 0.3) is 0 Å². The van der Waals surface area contributed by atoms with E-state index in [1.54, 1.807) is 0 Å². The minimum absolute atomic E-state index is 0.112. The van der Waals surface area contributed by atoms with Gasteiger partial charge in [-0.3, -0.25) is 14.4 Å². The van der Waals surface area contributed by atoms with Crippen LogP contribution < -0.4 is 0 Å². The Hall–Kier alpha value is -1.59. The van der Waals surface area contributed by atoms with Crippen molar-refractivity contribution in [1.29, 1.82) is 0 Å². The van der Waals surface area contributed by atoms with Crippen molar-refractivity contribution >= 4 is 17.8 Å². The summed E-state index contributed by atoms with van der Waals surface area (Å²) < 4.78 is 4.56. The largest absolute Gasteiger partial charge is 0.469 e. The maximum atomic E-state index is 12.1. The van der Waals surface area contributed by atoms with Gasteiger partial charge in [0.05, 0.1) is 7.11 Å². The van der Waals surface area contributed by atoms with Gasteiger partial charge in [0.2, 0.25) is 11.8 Å². The van der Waals surface area contributed by atoms with E-state index in [0.717, 1.165) is 0 Å². The van der Waals surface area contributed by atoms with Crippen LogP contribution in [0.15, 0.2) is 0 Å². The van der Waals surface area contributed by atoms with E-state index in [1.807, 2.05) is 23.6 Å². The zero-order chi connectivity index (χ0) is 16.5. The van der Waals surface area contributed by atoms with E-state index in [9.17, 15) is 14.4 Å². The Kier molecular flexibility index (Phi) is 7.91. The van der Waals surface area contributed by atoms with Gasteiger partial charge in [-0.15, -0.1) is 0 Å². The first kappa shape index (κ1) is 18.5. The van der Waals surface area contributed by atoms with E-state index in [2.05, 4.69) is 4.74 Å². The highest BCUT2D eigenvalue weighted by Gasteiger charge is 2.23. The third kappa shape index (κ3) is 6.45. The number of nitrogens with zero attached hydrogens (tertiary/aromatic N) is 2. The molecule has 0 spiro atoms. The molecule has 0 aromatic carbocycles. The van der Waals surface area contributed by atoms with Crippen LogP contribution in [0.25, 0.3) is 0 Å². The molecule has 0 unspecified atom stereocenters. The predicted octanol–water partition coefficient (Wildman–Crippen LogP) is 1.44. The molecule has 0 radical (unpaired) electrons. The van der Waals surface area contributed by atoms with Crippen molar-refractivity contribution in [2.24, 2.45) is 5.92 Å². The Bertz CT molecular complexity index is 388. The van der Waals surface area contributed by atoms with Crippen molar-refractivity contribution in [1.82, 2.24) is 9.80 Å². The van der Waals surface area contributed by atoms with Crippen LogP contribution in [0.5, 0.6) is 0 Å². The summed E-state index contributed by atoms with van der Waals surface area (Å²) in [5, 5.41) is 0. The zero-order valence-corrected chi connectivity index (χ0v) is 14.0. The lowest BCUT2D eigenvalue weighted by molar-refractivity contribution is -0.141. The number of amides is 2. The van der Waals surface area contributed by atoms with Gasteiger partial charge in [-0.2, -0.15) is 0 Å². The van der Waals surface area contributed by atoms with E-state index < -0.39 is 0 Å². The molecule has 6 nitrogen and oxygen atoms in total. The Morgan fingerprint density at radius 1 is 0.909 bits per heavy atom. The summed E-state index contributed by atoms with van der Waals surface area (Å²) in [6.45, 7) is 6.54. The number of methoxy groups -OCH3 is 1. The quantitative estimate of drug-likeness (QED) is 0.527. The third-order valence-corrected chi connectivity index (χ3v) is 3.82. The van der Waals surface area contributed by atoms with E-state index in [1.165, 1.54) is 7.11 Å². The molecule has 0 bridgehead atoms. The van der Waals surface area contributed by atoms with Crippen molar-refractivity contribution in [3.63, 3.8) is 0 Å². The monoisotopic (exact) mass is 312 g/mol. The van der Waals surface area contributed by atoms with Crippen LogP contribution in [0, 0.1) is 5.92 Å². The maximum Gasteiger partial charge on any atom is 0.305 e. The number of piperazine rings is 1. The number of hydrogen-bond acceptors (Lipinski definition) is 4. The number of esters is 1. The van der Waals surface area contributed by atoms with Crippen LogP contribution >= 0.6 is 0 Å². The highest BCUT2D eigenvalue weighted by atomic mass is 16.5. The minimum Gasteiger partial charge on any atom is -0.469 e. The molecule has 0 aliphatic carbocycles. The second-order valence-corrected chi connectivity index (χ2v) is 6.14. The second-order valence-electron chi connectivity index (χ2n) is 6.14. The van der Waals surface area contributed by atoms with Gasteiger partial charge in [-0.1, -0.05) is 13.8 Å². The van der Waals surface area contributed by atoms with E-state index in [0.29, 0.717) is 64.2 Å². The Balaban J connectivity index is 2.22. The number of carbonyl (C=O) groups excluding carboxylic acids is 3. The lowest BCUT2D eigenvalue weighted by Gasteiger charge is -2.35. The number of unbranched alkanes of at least 4 members (excludes halogenated alkanes) is 1. The average Bonchev–Trinajstić information content (AvgIpc) is 2.50. The molecule has 1 rings (SSSR count). The molecule has 6 heteroatoms. The van der Waals surface area contributed by atoms with Crippen LogP contribution in [0.4, 0.5) is 0 Å². The van der Waals surface area contributed by atoms with Crippen LogP contribution in [0.1, 0.15) is 46.0 Å². The zero-order valence-electron chi connectivity index (χ0n) is 14.0. The second kappa shape index (κ2) is 9.43. The Morgan fingerprint density at radius 3 is 1.91 bits per heavy atom. The fourth-order valence-corrected chi connectivity index (χ4v) is 2.49. The first-order valence-corrected chi connectivity index (χ1v) is 8.06. The molecule has 0 aromatic rings. The summed E-state index contributed by atoms with van der Waals surface area (Å²) in [6, 6.07) is 0. The van der Waals surface area contributed by atoms with Crippen molar-refractivity contribution < 1.29 is 19.1 Å². The Labute approximate surface area is 132 Å². The van der Waals surface area contributed by atoms with E-state index in [4.69, 9.17) is 0 Å². The average molecular weight is 312 g/mol. The van der Waals surface area contributed by atoms with E-state index >= 15 is 0 Å². The third-order valence-electron chi connectivity index (χ3n) is 3.82. The Morgan fingerprint density at radius 2 is 1.41 bits per heavy atom. The summed E-state index contributed by atoms with van der Waals surface area (Å²) in [5.41, 5.74) is 0. The molecular formula is C16H28N2O4. The van der Waals surface area contributed by atoms with Crippen molar-refractivity contribution in [2.75, 3.05) is 33.3 Å². The predicted molar refractivity (Wildman–Crippen MR) is 83.1 cm³/mol. The standard InChI is InChI=1S/C16H28N2O4/c1-13(2)12-15(20)18-10-8-17(9-11-18)14(19)6-4-5-7-16(21)22-3/h13H,4-12H2,1-3H3. The van der Waals surface area contributed by atoms with Gasteiger partial charge in [-0.05, 0) is 18.8 Å². The summed E-state index contributed by atoms with van der Waals surface area (Å²) in [6.07, 6.45) is 2.76. The van der Waals surface area contributed by atoms with Crippen LogP contribution in [-0.2, 0) is 19.1 Å². The minimum atomic E-state index is -0.232. The molecule has 0 aromatic heterocycles. The van der Waals surface area contributed by atoms with Gasteiger partial charge >= 0.3 is 5.97 Å². The summed E-state index contributed by atoms with van der Waals surface area (Å²) >= 11 is 0. The van der Waals surface area contributed by atoms with Crippen molar-refractivity contribution in [3.05, 3.63) is 0 Å². The van der Waals surface area contributed by atoms with E-state index in [-0.39, 0.29) is 17.8 Å². The van der Waals surface area contributed by atoms with Crippen LogP contribution in [0.3, 0.4) is 0 Å². The highest BCUT2D eigenvalue weighted by molar-refractivity contribution is 5.78. The van der Waals surface area contributed by atoms with Crippen LogP contribution in [-0.4, -0.2) is 60.9 Å². The molecule has 0 saturated carbocycles. The molecule has 126 valence electrons. The number of rotatable bonds is 7. The van der Waals surface area contributed by atoms with Gasteiger partial charge in [0.15, 0.2) is 0 Å². The molecule has 0 N–H and O–H groups in total. The summed E-state index contributed by atoms with van der Waals surface area (Å²) in [7, 11) is 1.37. The highest BCUT2D eigenvalue weighted by Crippen LogP contribution is 2.10. The molecule has 0 atom stereocenters. The van der Waals surface area contributed by atoms with Gasteiger partial charge in [0, 0.05) is 45.4 Å². The molecule has 1 saturated heterocycles. The van der Waals surface area contributed by atoms with Crippen molar-refractivity contribution in [2.45, 2.75) is 46.0 Å². The number of ether oxygens (including phenoxy) is 1. The van der Waals surface area contributed by atoms with Crippen molar-refractivity contribution in [3.8, 4) is 0 Å². The van der Waals surface area contributed by atoms with Gasteiger partial charge in [0.1, 0.15) is 0 Å². The maximum absolute atomic E-state index is 12.1. The topological polar surface area (TPSA) is 66.9 Å². The normalized spacial score (nSPS) is 15.1. The number of hydrogen-bond donors (Lipinski definition) is 0. The lowest BCUT2D eigenvalue weighted by Crippen LogP contribution is -2.50. The lowest BCUT2D eigenvalue weighted by atomic mass is 10.1. The molecule has 2 amide bonds. The molecule has 1 fully saturated rings. The SMILES string of the molecule is COC(=O)CCCCC(=O)N1CCN(C(=O)CC(C)C)CC1. The molecule has 1 heterocycles. The van der Waals surface area contributed by atoms with Gasteiger partial charge < -0.3 is 14.5 Å². The molecule has 1 aliphatic rings. The molecular weight excluding hydrogens is 284 g/mol. The smallest absolute Gasteiger partial charge is 0.305 e. The first-order chi connectivity index (χ1) is 10.4. The summed E-state index contributed by atoms with van der Waals surface area (Å²) in [5.74, 6) is 0.424.